The summed E-state index contributed by atoms with van der Waals surface area (Å²) in [6, 6.07) is 4.49. The van der Waals surface area contributed by atoms with Gasteiger partial charge < -0.3 is 14.7 Å². The Morgan fingerprint density at radius 3 is 2.58 bits per heavy atom. The number of hydrogen-bond acceptors (Lipinski definition) is 5. The fourth-order valence-corrected chi connectivity index (χ4v) is 4.98. The summed E-state index contributed by atoms with van der Waals surface area (Å²) in [6.45, 7) is 5.88. The zero-order valence-corrected chi connectivity index (χ0v) is 19.4. The van der Waals surface area contributed by atoms with E-state index in [2.05, 4.69) is 29.2 Å². The normalized spacial score (nSPS) is 24.7. The maximum Gasteiger partial charge on any atom is 0.273 e. The van der Waals surface area contributed by atoms with Gasteiger partial charge in [-0.05, 0) is 36.8 Å². The predicted molar refractivity (Wildman–Crippen MR) is 118 cm³/mol. The average molecular weight is 461 g/mol. The van der Waals surface area contributed by atoms with Crippen molar-refractivity contribution < 1.29 is 22.9 Å². The summed E-state index contributed by atoms with van der Waals surface area (Å²) in [5.41, 5.74) is 0.224. The third kappa shape index (κ3) is 4.64. The molecule has 2 heterocycles. The van der Waals surface area contributed by atoms with Crippen molar-refractivity contribution in [2.75, 3.05) is 27.2 Å². The molecule has 0 spiro atoms. The molecule has 33 heavy (non-hydrogen) atoms. The number of piperidine rings is 1. The van der Waals surface area contributed by atoms with Crippen LogP contribution in [-0.2, 0) is 4.79 Å². The van der Waals surface area contributed by atoms with Crippen LogP contribution >= 0.6 is 0 Å². The molecule has 3 atom stereocenters. The zero-order valence-electron chi connectivity index (χ0n) is 19.4. The first kappa shape index (κ1) is 23.4. The van der Waals surface area contributed by atoms with Gasteiger partial charge in [0.25, 0.3) is 5.91 Å². The third-order valence-corrected chi connectivity index (χ3v) is 7.06. The second-order valence-electron chi connectivity index (χ2n) is 9.95. The van der Waals surface area contributed by atoms with E-state index in [0.717, 1.165) is 25.1 Å². The summed E-state index contributed by atoms with van der Waals surface area (Å²) in [7, 11) is 3.43. The number of halogens is 2. The minimum absolute atomic E-state index is 0.0139. The molecule has 1 saturated carbocycles. The highest BCUT2D eigenvalue weighted by molar-refractivity contribution is 5.94. The molecule has 1 aliphatic heterocycles. The second-order valence-corrected chi connectivity index (χ2v) is 9.95. The number of aromatic nitrogens is 1. The van der Waals surface area contributed by atoms with Gasteiger partial charge >= 0.3 is 0 Å². The molecule has 9 heteroatoms. The van der Waals surface area contributed by atoms with E-state index < -0.39 is 17.5 Å². The molecule has 1 unspecified atom stereocenters. The summed E-state index contributed by atoms with van der Waals surface area (Å²) in [6.07, 6.45) is 2.93. The van der Waals surface area contributed by atoms with Crippen molar-refractivity contribution in [2.24, 2.45) is 11.3 Å². The zero-order chi connectivity index (χ0) is 23.9. The van der Waals surface area contributed by atoms with Crippen LogP contribution in [0.5, 0.6) is 0 Å². The summed E-state index contributed by atoms with van der Waals surface area (Å²) in [5, 5.41) is 6.69. The van der Waals surface area contributed by atoms with Crippen molar-refractivity contribution >= 4 is 11.8 Å². The van der Waals surface area contributed by atoms with Gasteiger partial charge in [0.2, 0.25) is 5.91 Å². The van der Waals surface area contributed by atoms with Gasteiger partial charge in [0.15, 0.2) is 11.5 Å². The van der Waals surface area contributed by atoms with Gasteiger partial charge in [-0.1, -0.05) is 19.0 Å². The van der Waals surface area contributed by atoms with E-state index in [0.29, 0.717) is 19.0 Å². The molecule has 0 radical (unpaired) electrons. The van der Waals surface area contributed by atoms with Crippen LogP contribution in [0.25, 0.3) is 11.3 Å². The first-order valence-corrected chi connectivity index (χ1v) is 11.2. The highest BCUT2D eigenvalue weighted by Gasteiger charge is 2.46. The van der Waals surface area contributed by atoms with E-state index in [-0.39, 0.29) is 40.3 Å². The standard InChI is InChI=1S/C24H30F2N4O3/c1-24(2)9-7-21(24)30-10-8-18(16(13-30)23(32)29(3)4)27-22(31)19-12-20(33-28-19)15-6-5-14(25)11-17(15)26/h5-6,11-12,16,18,21H,7-10,13H2,1-4H3,(H,27,31)/t16-,18-,21?/m1/s1. The molecule has 178 valence electrons. The van der Waals surface area contributed by atoms with Crippen molar-refractivity contribution in [1.29, 1.82) is 0 Å². The van der Waals surface area contributed by atoms with Crippen LogP contribution in [-0.4, -0.2) is 66.0 Å². The number of rotatable bonds is 5. The number of hydrogen-bond donors (Lipinski definition) is 1. The van der Waals surface area contributed by atoms with Crippen LogP contribution in [0.15, 0.2) is 28.8 Å². The molecular weight excluding hydrogens is 430 g/mol. The fourth-order valence-electron chi connectivity index (χ4n) is 4.98. The summed E-state index contributed by atoms with van der Waals surface area (Å²) in [5.74, 6) is -2.39. The number of nitrogens with one attached hydrogen (secondary N) is 1. The van der Waals surface area contributed by atoms with Crippen LogP contribution < -0.4 is 5.32 Å². The summed E-state index contributed by atoms with van der Waals surface area (Å²) in [4.78, 5) is 29.8. The van der Waals surface area contributed by atoms with Gasteiger partial charge in [0.05, 0.1) is 11.5 Å². The van der Waals surface area contributed by atoms with Crippen LogP contribution in [0.2, 0.25) is 0 Å². The lowest BCUT2D eigenvalue weighted by molar-refractivity contribution is -0.137. The molecule has 2 aliphatic rings. The number of nitrogens with zero attached hydrogens (tertiary/aromatic N) is 3. The van der Waals surface area contributed by atoms with Crippen molar-refractivity contribution in [3.05, 3.63) is 41.6 Å². The Bertz CT molecular complexity index is 1050. The first-order chi connectivity index (χ1) is 15.6. The molecule has 1 saturated heterocycles. The molecule has 2 amide bonds. The smallest absolute Gasteiger partial charge is 0.273 e. The molecule has 2 aromatic rings. The number of likely N-dealkylation sites (tertiary alicyclic amines) is 1. The molecule has 2 fully saturated rings. The molecule has 4 rings (SSSR count). The summed E-state index contributed by atoms with van der Waals surface area (Å²) < 4.78 is 32.4. The van der Waals surface area contributed by atoms with Gasteiger partial charge in [0.1, 0.15) is 11.6 Å². The van der Waals surface area contributed by atoms with E-state index in [1.807, 2.05) is 0 Å². The Hall–Kier alpha value is -2.81. The largest absolute Gasteiger partial charge is 0.355 e. The Morgan fingerprint density at radius 1 is 1.21 bits per heavy atom. The van der Waals surface area contributed by atoms with E-state index in [1.54, 1.807) is 19.0 Å². The Balaban J connectivity index is 1.48. The highest BCUT2D eigenvalue weighted by atomic mass is 19.1. The number of carbonyl (C=O) groups is 2. The Labute approximate surface area is 192 Å². The van der Waals surface area contributed by atoms with Crippen molar-refractivity contribution in [3.8, 4) is 11.3 Å². The van der Waals surface area contributed by atoms with Crippen molar-refractivity contribution in [2.45, 2.75) is 45.2 Å². The van der Waals surface area contributed by atoms with Crippen LogP contribution in [0.4, 0.5) is 8.78 Å². The van der Waals surface area contributed by atoms with Crippen molar-refractivity contribution in [3.63, 3.8) is 0 Å². The molecule has 1 aliphatic carbocycles. The number of benzene rings is 1. The average Bonchev–Trinajstić information content (AvgIpc) is 3.23. The van der Waals surface area contributed by atoms with Crippen LogP contribution in [0.1, 0.15) is 43.6 Å². The first-order valence-electron chi connectivity index (χ1n) is 11.2. The van der Waals surface area contributed by atoms with Gasteiger partial charge in [-0.2, -0.15) is 0 Å². The van der Waals surface area contributed by atoms with Crippen molar-refractivity contribution in [1.82, 2.24) is 20.3 Å². The maximum absolute atomic E-state index is 14.1. The number of amides is 2. The summed E-state index contributed by atoms with van der Waals surface area (Å²) >= 11 is 0. The SMILES string of the molecule is CN(C)C(=O)[C@@H]1CN(C2CCC2(C)C)CC[C@H]1NC(=O)c1cc(-c2ccc(F)cc2F)on1. The third-order valence-electron chi connectivity index (χ3n) is 7.06. The molecule has 7 nitrogen and oxygen atoms in total. The number of carbonyl (C=O) groups excluding carboxylic acids is 2. The molecule has 0 bridgehead atoms. The second kappa shape index (κ2) is 8.85. The maximum atomic E-state index is 14.1. The van der Waals surface area contributed by atoms with Crippen LogP contribution in [0, 0.1) is 23.0 Å². The van der Waals surface area contributed by atoms with Gasteiger partial charge in [0, 0.05) is 51.4 Å². The topological polar surface area (TPSA) is 78.7 Å². The minimum atomic E-state index is -0.805. The lowest BCUT2D eigenvalue weighted by atomic mass is 9.66. The lowest BCUT2D eigenvalue weighted by Crippen LogP contribution is -2.61. The molecule has 1 aromatic heterocycles. The highest BCUT2D eigenvalue weighted by Crippen LogP contribution is 2.44. The van der Waals surface area contributed by atoms with E-state index >= 15 is 0 Å². The monoisotopic (exact) mass is 460 g/mol. The molecule has 1 N–H and O–H groups in total. The van der Waals surface area contributed by atoms with Gasteiger partial charge in [-0.25, -0.2) is 8.78 Å². The molecular formula is C24H30F2N4O3. The van der Waals surface area contributed by atoms with E-state index in [4.69, 9.17) is 4.52 Å². The fraction of sp³-hybridized carbons (Fsp3) is 0.542. The Kier molecular flexibility index (Phi) is 6.26. The van der Waals surface area contributed by atoms with Gasteiger partial charge in [-0.15, -0.1) is 0 Å². The minimum Gasteiger partial charge on any atom is -0.355 e. The quantitative estimate of drug-likeness (QED) is 0.741. The van der Waals surface area contributed by atoms with Crippen LogP contribution in [0.3, 0.4) is 0 Å². The predicted octanol–water partition coefficient (Wildman–Crippen LogP) is 3.32. The lowest BCUT2D eigenvalue weighted by Gasteiger charge is -2.53. The van der Waals surface area contributed by atoms with Gasteiger partial charge in [-0.3, -0.25) is 14.5 Å². The van der Waals surface area contributed by atoms with E-state index in [1.165, 1.54) is 18.6 Å². The van der Waals surface area contributed by atoms with E-state index in [9.17, 15) is 18.4 Å². The molecule has 1 aromatic carbocycles. The Morgan fingerprint density at radius 2 is 1.97 bits per heavy atom.